The number of methoxy groups -OCH3 is 2. The fourth-order valence-electron chi connectivity index (χ4n) is 4.27. The maximum Gasteiger partial charge on any atom is 0.246 e. The van der Waals surface area contributed by atoms with Gasteiger partial charge in [0.15, 0.2) is 0 Å². The molecular formula is C20H30N2O6S. The quantitative estimate of drug-likeness (QED) is 0.745. The number of amides is 1. The number of rotatable bonds is 6. The van der Waals surface area contributed by atoms with Crippen molar-refractivity contribution >= 4 is 15.9 Å². The van der Waals surface area contributed by atoms with E-state index < -0.39 is 10.0 Å². The fourth-order valence-corrected chi connectivity index (χ4v) is 5.89. The molecule has 9 heteroatoms. The van der Waals surface area contributed by atoms with Crippen LogP contribution < -0.4 is 14.8 Å². The lowest BCUT2D eigenvalue weighted by atomic mass is 9.78. The minimum atomic E-state index is -3.72. The smallest absolute Gasteiger partial charge is 0.246 e. The van der Waals surface area contributed by atoms with Gasteiger partial charge in [0.25, 0.3) is 0 Å². The molecule has 0 bridgehead atoms. The first-order valence-corrected chi connectivity index (χ1v) is 11.3. The van der Waals surface area contributed by atoms with Crippen LogP contribution in [0.5, 0.6) is 11.5 Å². The van der Waals surface area contributed by atoms with Gasteiger partial charge in [-0.15, -0.1) is 0 Å². The summed E-state index contributed by atoms with van der Waals surface area (Å²) in [7, 11) is 0.877. The molecule has 162 valence electrons. The molecule has 1 unspecified atom stereocenters. The summed E-state index contributed by atoms with van der Waals surface area (Å²) in [6.45, 7) is 1.35. The molecule has 1 aromatic rings. The lowest BCUT2D eigenvalue weighted by Crippen LogP contribution is -2.51. The van der Waals surface area contributed by atoms with E-state index in [4.69, 9.17) is 14.2 Å². The molecule has 1 spiro atoms. The Morgan fingerprint density at radius 2 is 2.00 bits per heavy atom. The number of benzene rings is 1. The number of ether oxygens (including phenoxy) is 3. The van der Waals surface area contributed by atoms with Crippen LogP contribution in [0.15, 0.2) is 23.1 Å². The van der Waals surface area contributed by atoms with E-state index in [-0.39, 0.29) is 22.3 Å². The third-order valence-corrected chi connectivity index (χ3v) is 7.89. The van der Waals surface area contributed by atoms with Crippen LogP contribution in [0.25, 0.3) is 0 Å². The Morgan fingerprint density at radius 3 is 2.62 bits per heavy atom. The largest absolute Gasteiger partial charge is 0.497 e. The van der Waals surface area contributed by atoms with Crippen molar-refractivity contribution in [2.24, 2.45) is 5.92 Å². The molecule has 1 N–H and O–H groups in total. The number of carbonyl (C=O) groups excluding carboxylic acids is 1. The van der Waals surface area contributed by atoms with Gasteiger partial charge in [0.2, 0.25) is 15.9 Å². The van der Waals surface area contributed by atoms with E-state index in [0.717, 1.165) is 12.8 Å². The molecule has 2 fully saturated rings. The van der Waals surface area contributed by atoms with E-state index in [9.17, 15) is 13.2 Å². The van der Waals surface area contributed by atoms with Gasteiger partial charge < -0.3 is 19.5 Å². The minimum Gasteiger partial charge on any atom is -0.497 e. The van der Waals surface area contributed by atoms with Gasteiger partial charge in [-0.05, 0) is 43.7 Å². The lowest BCUT2D eigenvalue weighted by Gasteiger charge is -2.45. The van der Waals surface area contributed by atoms with Crippen LogP contribution in [0.4, 0.5) is 0 Å². The first kappa shape index (κ1) is 21.9. The average Bonchev–Trinajstić information content (AvgIpc) is 2.73. The van der Waals surface area contributed by atoms with Crippen molar-refractivity contribution in [1.29, 1.82) is 0 Å². The molecule has 8 nitrogen and oxygen atoms in total. The van der Waals surface area contributed by atoms with Gasteiger partial charge in [-0.25, -0.2) is 8.42 Å². The highest BCUT2D eigenvalue weighted by atomic mass is 32.2. The van der Waals surface area contributed by atoms with Crippen LogP contribution in [0.2, 0.25) is 0 Å². The second-order valence-electron chi connectivity index (χ2n) is 7.69. The first-order valence-electron chi connectivity index (χ1n) is 9.90. The Balaban J connectivity index is 1.72. The Bertz CT molecular complexity index is 833. The molecule has 0 aliphatic carbocycles. The van der Waals surface area contributed by atoms with E-state index in [2.05, 4.69) is 5.32 Å². The zero-order valence-electron chi connectivity index (χ0n) is 17.3. The standard InChI is InChI=1S/C20H30N2O6S/c1-21-19(23)12-15-6-11-28-20(14-15)7-9-22(10-8-20)29(24,25)18-13-16(26-2)4-5-17(18)27-3/h4-5,13,15H,6-12,14H2,1-3H3,(H,21,23). The Morgan fingerprint density at radius 1 is 1.28 bits per heavy atom. The van der Waals surface area contributed by atoms with Crippen molar-refractivity contribution in [3.8, 4) is 11.5 Å². The van der Waals surface area contributed by atoms with Gasteiger partial charge in [-0.1, -0.05) is 0 Å². The maximum absolute atomic E-state index is 13.3. The normalized spacial score (nSPS) is 22.2. The summed E-state index contributed by atoms with van der Waals surface area (Å²) in [5.74, 6) is 1.07. The fraction of sp³-hybridized carbons (Fsp3) is 0.650. The van der Waals surface area contributed by atoms with E-state index >= 15 is 0 Å². The number of piperidine rings is 1. The molecular weight excluding hydrogens is 396 g/mol. The summed E-state index contributed by atoms with van der Waals surface area (Å²) in [4.78, 5) is 11.9. The first-order chi connectivity index (χ1) is 13.8. The highest BCUT2D eigenvalue weighted by molar-refractivity contribution is 7.89. The Hall–Kier alpha value is -1.84. The van der Waals surface area contributed by atoms with E-state index in [0.29, 0.717) is 50.5 Å². The molecule has 2 aliphatic heterocycles. The van der Waals surface area contributed by atoms with Crippen LogP contribution in [0.1, 0.15) is 32.1 Å². The van der Waals surface area contributed by atoms with Crippen LogP contribution in [-0.2, 0) is 19.6 Å². The van der Waals surface area contributed by atoms with Gasteiger partial charge >= 0.3 is 0 Å². The van der Waals surface area contributed by atoms with Crippen LogP contribution >= 0.6 is 0 Å². The lowest BCUT2D eigenvalue weighted by molar-refractivity contribution is -0.132. The van der Waals surface area contributed by atoms with Crippen molar-refractivity contribution in [2.45, 2.75) is 42.6 Å². The summed E-state index contributed by atoms with van der Waals surface area (Å²) < 4.78 is 44.6. The number of carbonyl (C=O) groups is 1. The molecule has 1 atom stereocenters. The van der Waals surface area contributed by atoms with Crippen molar-refractivity contribution in [3.63, 3.8) is 0 Å². The number of hydrogen-bond donors (Lipinski definition) is 1. The van der Waals surface area contributed by atoms with E-state index in [1.165, 1.54) is 24.6 Å². The summed E-state index contributed by atoms with van der Waals surface area (Å²) in [5.41, 5.74) is -0.346. The van der Waals surface area contributed by atoms with Crippen LogP contribution in [0, 0.1) is 5.92 Å². The van der Waals surface area contributed by atoms with E-state index in [1.54, 1.807) is 19.2 Å². The molecule has 2 aliphatic rings. The van der Waals surface area contributed by atoms with Crippen LogP contribution in [0.3, 0.4) is 0 Å². The topological polar surface area (TPSA) is 94.2 Å². The summed E-state index contributed by atoms with van der Waals surface area (Å²) in [6, 6.07) is 4.77. The molecule has 2 saturated heterocycles. The zero-order valence-corrected chi connectivity index (χ0v) is 18.1. The van der Waals surface area contributed by atoms with Crippen molar-refractivity contribution in [2.75, 3.05) is 41.0 Å². The molecule has 0 saturated carbocycles. The van der Waals surface area contributed by atoms with Crippen molar-refractivity contribution < 1.29 is 27.4 Å². The molecule has 29 heavy (non-hydrogen) atoms. The van der Waals surface area contributed by atoms with Crippen molar-refractivity contribution in [3.05, 3.63) is 18.2 Å². The van der Waals surface area contributed by atoms with Gasteiger partial charge in [0.05, 0.1) is 19.8 Å². The Kier molecular flexibility index (Phi) is 6.70. The molecule has 1 aromatic carbocycles. The highest BCUT2D eigenvalue weighted by Crippen LogP contribution is 2.40. The highest BCUT2D eigenvalue weighted by Gasteiger charge is 2.43. The predicted octanol–water partition coefficient (Wildman–Crippen LogP) is 1.79. The van der Waals surface area contributed by atoms with Gasteiger partial charge in [0, 0.05) is 39.2 Å². The molecule has 1 amide bonds. The SMILES string of the molecule is CNC(=O)CC1CCOC2(CCN(S(=O)(=O)c3cc(OC)ccc3OC)CC2)C1. The molecule has 3 rings (SSSR count). The monoisotopic (exact) mass is 426 g/mol. The number of sulfonamides is 1. The van der Waals surface area contributed by atoms with E-state index in [1.807, 2.05) is 0 Å². The number of nitrogens with one attached hydrogen (secondary N) is 1. The van der Waals surface area contributed by atoms with Gasteiger partial charge in [0.1, 0.15) is 16.4 Å². The molecule has 2 heterocycles. The summed E-state index contributed by atoms with van der Waals surface area (Å²) >= 11 is 0. The minimum absolute atomic E-state index is 0.0391. The zero-order chi connectivity index (χ0) is 21.1. The number of hydrogen-bond acceptors (Lipinski definition) is 6. The molecule has 0 radical (unpaired) electrons. The van der Waals surface area contributed by atoms with Crippen LogP contribution in [-0.4, -0.2) is 65.2 Å². The van der Waals surface area contributed by atoms with Gasteiger partial charge in [-0.3, -0.25) is 4.79 Å². The average molecular weight is 427 g/mol. The second kappa shape index (κ2) is 8.89. The second-order valence-corrected chi connectivity index (χ2v) is 9.59. The predicted molar refractivity (Wildman–Crippen MR) is 108 cm³/mol. The number of nitrogens with zero attached hydrogens (tertiary/aromatic N) is 1. The van der Waals surface area contributed by atoms with Gasteiger partial charge in [-0.2, -0.15) is 4.31 Å². The summed E-state index contributed by atoms with van der Waals surface area (Å²) in [6.07, 6.45) is 3.37. The third kappa shape index (κ3) is 4.67. The Labute approximate surface area is 172 Å². The van der Waals surface area contributed by atoms with Crippen molar-refractivity contribution in [1.82, 2.24) is 9.62 Å². The maximum atomic E-state index is 13.3. The summed E-state index contributed by atoms with van der Waals surface area (Å²) in [5, 5.41) is 2.68. The third-order valence-electron chi connectivity index (χ3n) is 5.97. The molecule has 0 aromatic heterocycles.